The predicted molar refractivity (Wildman–Crippen MR) is 130 cm³/mol. The topological polar surface area (TPSA) is 178 Å². The Balaban J connectivity index is 1.65. The van der Waals surface area contributed by atoms with Crippen molar-refractivity contribution in [3.63, 3.8) is 0 Å². The first-order valence-corrected chi connectivity index (χ1v) is 12.9. The number of aromatic nitrogens is 4. The van der Waals surface area contributed by atoms with Crippen LogP contribution in [0.25, 0.3) is 5.65 Å². The van der Waals surface area contributed by atoms with Crippen LogP contribution in [-0.2, 0) is 15.6 Å². The van der Waals surface area contributed by atoms with E-state index in [2.05, 4.69) is 37.1 Å². The van der Waals surface area contributed by atoms with Gasteiger partial charge in [0.1, 0.15) is 11.6 Å². The molecule has 1 aromatic carbocycles. The molecule has 4 N–H and O–H groups in total. The summed E-state index contributed by atoms with van der Waals surface area (Å²) in [7, 11) is -1.60. The number of fused-ring (bicyclic) bond motifs is 1. The quantitative estimate of drug-likeness (QED) is 0.318. The van der Waals surface area contributed by atoms with Crippen molar-refractivity contribution in [2.75, 3.05) is 41.9 Å². The summed E-state index contributed by atoms with van der Waals surface area (Å²) in [6, 6.07) is 7.57. The average Bonchev–Trinajstić information content (AvgIpc) is 3.48. The number of nitrogens with one attached hydrogen (secondary N) is 3. The van der Waals surface area contributed by atoms with Gasteiger partial charge in [0.05, 0.1) is 11.9 Å². The maximum atomic E-state index is 12.1. The van der Waals surface area contributed by atoms with Crippen molar-refractivity contribution in [2.24, 2.45) is 0 Å². The summed E-state index contributed by atoms with van der Waals surface area (Å²) < 4.78 is 25.7. The number of hydrogen-bond donors (Lipinski definition) is 4. The number of likely N-dealkylation sites (N-methyl/N-ethyl adjacent to an activating group) is 1. The van der Waals surface area contributed by atoms with Crippen LogP contribution in [0.2, 0.25) is 0 Å². The Hall–Kier alpha value is -4.12. The van der Waals surface area contributed by atoms with Crippen LogP contribution in [0.15, 0.2) is 24.4 Å². The standard InChI is InChI=1S/C21H25N9O4S/c1-29(8-7-23-21(31)32)17-6-5-16(9-13(17)12-35(2,33)34)25-19-27-18-14(10-22)11-24-30(18)20(28-19)26-15-3-4-15/h5-6,9,11,15,23H,3-4,7-8,12H2,1-2H3,(H,31,32)(H2,25,26,27,28). The van der Waals surface area contributed by atoms with E-state index in [4.69, 9.17) is 5.11 Å². The largest absolute Gasteiger partial charge is 0.465 e. The Kier molecular flexibility index (Phi) is 6.61. The second-order valence-electron chi connectivity index (χ2n) is 8.39. The van der Waals surface area contributed by atoms with E-state index >= 15 is 0 Å². The minimum absolute atomic E-state index is 0.182. The zero-order valence-corrected chi connectivity index (χ0v) is 20.0. The van der Waals surface area contributed by atoms with Gasteiger partial charge < -0.3 is 26.0 Å². The van der Waals surface area contributed by atoms with Gasteiger partial charge in [-0.05, 0) is 36.6 Å². The number of benzene rings is 1. The van der Waals surface area contributed by atoms with Crippen molar-refractivity contribution in [1.82, 2.24) is 24.9 Å². The molecule has 0 unspecified atom stereocenters. The van der Waals surface area contributed by atoms with Gasteiger partial charge in [0.25, 0.3) is 0 Å². The molecule has 2 aromatic heterocycles. The van der Waals surface area contributed by atoms with Gasteiger partial charge in [0.15, 0.2) is 15.5 Å². The maximum absolute atomic E-state index is 12.1. The van der Waals surface area contributed by atoms with E-state index < -0.39 is 15.9 Å². The van der Waals surface area contributed by atoms with E-state index in [0.717, 1.165) is 19.1 Å². The molecule has 1 aliphatic rings. The first-order chi connectivity index (χ1) is 16.6. The summed E-state index contributed by atoms with van der Waals surface area (Å²) in [6.07, 6.45) is 3.50. The smallest absolute Gasteiger partial charge is 0.404 e. The van der Waals surface area contributed by atoms with Gasteiger partial charge in [-0.1, -0.05) is 0 Å². The van der Waals surface area contributed by atoms with Crippen molar-refractivity contribution in [3.8, 4) is 6.07 Å². The highest BCUT2D eigenvalue weighted by Gasteiger charge is 2.24. The SMILES string of the molecule is CN(CCNC(=O)O)c1ccc(Nc2nc(NC3CC3)n3ncc(C#N)c3n2)cc1CS(C)(=O)=O. The summed E-state index contributed by atoms with van der Waals surface area (Å²) in [5.41, 5.74) is 2.41. The molecular weight excluding hydrogens is 474 g/mol. The third-order valence-electron chi connectivity index (χ3n) is 5.29. The highest BCUT2D eigenvalue weighted by molar-refractivity contribution is 7.89. The van der Waals surface area contributed by atoms with Gasteiger partial charge in [0.2, 0.25) is 11.9 Å². The molecule has 0 atom stereocenters. The summed E-state index contributed by atoms with van der Waals surface area (Å²) in [5.74, 6) is 0.485. The molecule has 0 bridgehead atoms. The van der Waals surface area contributed by atoms with Crippen LogP contribution in [0.3, 0.4) is 0 Å². The Morgan fingerprint density at radius 2 is 2.11 bits per heavy atom. The lowest BCUT2D eigenvalue weighted by Crippen LogP contribution is -2.32. The fourth-order valence-electron chi connectivity index (χ4n) is 3.53. The number of rotatable bonds is 10. The zero-order valence-electron chi connectivity index (χ0n) is 19.2. The minimum Gasteiger partial charge on any atom is -0.465 e. The van der Waals surface area contributed by atoms with Crippen LogP contribution in [0.1, 0.15) is 24.0 Å². The molecule has 0 radical (unpaired) electrons. The first-order valence-electron chi connectivity index (χ1n) is 10.8. The third kappa shape index (κ3) is 6.07. The van der Waals surface area contributed by atoms with Crippen molar-refractivity contribution in [1.29, 1.82) is 5.26 Å². The molecule has 0 spiro atoms. The van der Waals surface area contributed by atoms with Crippen molar-refractivity contribution < 1.29 is 18.3 Å². The molecule has 35 heavy (non-hydrogen) atoms. The average molecular weight is 500 g/mol. The maximum Gasteiger partial charge on any atom is 0.404 e. The molecule has 184 valence electrons. The summed E-state index contributed by atoms with van der Waals surface area (Å²) >= 11 is 0. The number of hydrogen-bond acceptors (Lipinski definition) is 10. The van der Waals surface area contributed by atoms with E-state index in [9.17, 15) is 18.5 Å². The second-order valence-corrected chi connectivity index (χ2v) is 10.5. The number of carboxylic acid groups (broad SMARTS) is 1. The highest BCUT2D eigenvalue weighted by Crippen LogP contribution is 2.28. The molecule has 4 rings (SSSR count). The molecule has 1 amide bonds. The van der Waals surface area contributed by atoms with Gasteiger partial charge in [-0.2, -0.15) is 24.8 Å². The molecule has 1 aliphatic carbocycles. The normalized spacial score (nSPS) is 13.3. The van der Waals surface area contributed by atoms with E-state index in [-0.39, 0.29) is 18.2 Å². The number of nitriles is 1. The van der Waals surface area contributed by atoms with Crippen molar-refractivity contribution in [3.05, 3.63) is 35.5 Å². The fraction of sp³-hybridized carbons (Fsp3) is 0.381. The summed E-state index contributed by atoms with van der Waals surface area (Å²) in [4.78, 5) is 21.4. The number of anilines is 4. The Morgan fingerprint density at radius 1 is 1.34 bits per heavy atom. The van der Waals surface area contributed by atoms with Gasteiger partial charge in [0, 0.05) is 43.8 Å². The molecule has 1 saturated carbocycles. The Morgan fingerprint density at radius 3 is 2.77 bits per heavy atom. The number of nitrogens with zero attached hydrogens (tertiary/aromatic N) is 6. The van der Waals surface area contributed by atoms with Crippen LogP contribution in [0.5, 0.6) is 0 Å². The fourth-order valence-corrected chi connectivity index (χ4v) is 4.33. The van der Waals surface area contributed by atoms with Gasteiger partial charge >= 0.3 is 6.09 Å². The number of carbonyl (C=O) groups is 1. The molecule has 14 heteroatoms. The van der Waals surface area contributed by atoms with Gasteiger partial charge in [-0.3, -0.25) is 0 Å². The molecule has 0 saturated heterocycles. The number of sulfone groups is 1. The van der Waals surface area contributed by atoms with E-state index in [1.165, 1.54) is 10.7 Å². The molecule has 2 heterocycles. The van der Waals surface area contributed by atoms with Crippen LogP contribution >= 0.6 is 0 Å². The van der Waals surface area contributed by atoms with Gasteiger partial charge in [-0.25, -0.2) is 13.2 Å². The zero-order chi connectivity index (χ0) is 25.2. The van der Waals surface area contributed by atoms with Crippen LogP contribution in [0.4, 0.5) is 28.1 Å². The number of amides is 1. The molecular formula is C21H25N9O4S. The van der Waals surface area contributed by atoms with Crippen molar-refractivity contribution in [2.45, 2.75) is 24.6 Å². The van der Waals surface area contributed by atoms with Crippen LogP contribution in [-0.4, -0.2) is 71.6 Å². The third-order valence-corrected chi connectivity index (χ3v) is 6.12. The molecule has 3 aromatic rings. The van der Waals surface area contributed by atoms with E-state index in [1.807, 2.05) is 0 Å². The Bertz CT molecular complexity index is 1410. The molecule has 13 nitrogen and oxygen atoms in total. The lowest BCUT2D eigenvalue weighted by molar-refractivity contribution is 0.195. The van der Waals surface area contributed by atoms with E-state index in [0.29, 0.717) is 46.7 Å². The lowest BCUT2D eigenvalue weighted by atomic mass is 10.1. The van der Waals surface area contributed by atoms with Gasteiger partial charge in [-0.15, -0.1) is 0 Å². The van der Waals surface area contributed by atoms with E-state index in [1.54, 1.807) is 30.1 Å². The van der Waals surface area contributed by atoms with Crippen LogP contribution in [0, 0.1) is 11.3 Å². The highest BCUT2D eigenvalue weighted by atomic mass is 32.2. The van der Waals surface area contributed by atoms with Crippen molar-refractivity contribution >= 4 is 44.8 Å². The summed E-state index contributed by atoms with van der Waals surface area (Å²) in [5, 5.41) is 31.1. The lowest BCUT2D eigenvalue weighted by Gasteiger charge is -2.23. The minimum atomic E-state index is -3.35. The molecule has 1 fully saturated rings. The summed E-state index contributed by atoms with van der Waals surface area (Å²) in [6.45, 7) is 0.533. The second kappa shape index (κ2) is 9.63. The molecule has 0 aliphatic heterocycles. The predicted octanol–water partition coefficient (Wildman–Crippen LogP) is 1.56. The monoisotopic (exact) mass is 499 g/mol. The first kappa shape index (κ1) is 24.0. The van der Waals surface area contributed by atoms with Crippen LogP contribution < -0.4 is 20.9 Å². The Labute approximate surface area is 201 Å².